The Balaban J connectivity index is 1.80. The zero-order chi connectivity index (χ0) is 21.2. The number of allylic oxidation sites excluding steroid dienone is 2. The number of guanidine groups is 1. The lowest BCUT2D eigenvalue weighted by Crippen LogP contribution is -2.65. The van der Waals surface area contributed by atoms with E-state index in [1.165, 1.54) is 11.8 Å². The number of anilines is 1. The van der Waals surface area contributed by atoms with Crippen LogP contribution in [0.1, 0.15) is 26.3 Å². The molecule has 0 spiro atoms. The van der Waals surface area contributed by atoms with Crippen LogP contribution in [-0.2, 0) is 9.59 Å². The van der Waals surface area contributed by atoms with Crippen molar-refractivity contribution < 1.29 is 14.4 Å². The minimum absolute atomic E-state index is 0.243. The molecule has 0 aliphatic carbocycles. The lowest BCUT2D eigenvalue weighted by atomic mass is 10.1. The van der Waals surface area contributed by atoms with Crippen molar-refractivity contribution in [3.05, 3.63) is 40.2 Å². The number of carbonyl (C=O) groups is 3. The Kier molecular flexibility index (Phi) is 4.42. The molecule has 0 bridgehead atoms. The maximum atomic E-state index is 13.2. The van der Waals surface area contributed by atoms with Gasteiger partial charge in [0.05, 0.1) is 12.2 Å². The van der Waals surface area contributed by atoms with Gasteiger partial charge in [-0.2, -0.15) is 0 Å². The van der Waals surface area contributed by atoms with Gasteiger partial charge in [-0.05, 0) is 45.4 Å². The van der Waals surface area contributed by atoms with Crippen LogP contribution in [0.15, 0.2) is 34.6 Å². The SMILES string of the molecule is CC(=O)CN1C(=O)C2C(N=C3N(c4cc(Cl)ccc4C)C(C)=C(C)N32)N(C)C1=O. The topological polar surface area (TPSA) is 76.5 Å². The number of benzene rings is 1. The van der Waals surface area contributed by atoms with Gasteiger partial charge in [0.1, 0.15) is 5.78 Å². The van der Waals surface area contributed by atoms with Gasteiger partial charge in [0, 0.05) is 23.5 Å². The van der Waals surface area contributed by atoms with Crippen molar-refractivity contribution >= 4 is 41.0 Å². The van der Waals surface area contributed by atoms with Crippen LogP contribution < -0.4 is 4.90 Å². The summed E-state index contributed by atoms with van der Waals surface area (Å²) in [7, 11) is 1.60. The number of amides is 3. The molecule has 8 nitrogen and oxygen atoms in total. The highest BCUT2D eigenvalue weighted by Gasteiger charge is 2.56. The monoisotopic (exact) mass is 415 g/mol. The number of likely N-dealkylation sites (N-methyl/N-ethyl adjacent to an activating group) is 1. The van der Waals surface area contributed by atoms with Crippen LogP contribution in [0.5, 0.6) is 0 Å². The quantitative estimate of drug-likeness (QED) is 0.758. The zero-order valence-corrected chi connectivity index (χ0v) is 17.7. The van der Waals surface area contributed by atoms with Gasteiger partial charge in [0.2, 0.25) is 5.96 Å². The summed E-state index contributed by atoms with van der Waals surface area (Å²) in [4.78, 5) is 48.5. The number of aliphatic imine (C=N–C) groups is 1. The molecular formula is C20H22ClN5O3. The van der Waals surface area contributed by atoms with Crippen molar-refractivity contribution in [2.24, 2.45) is 4.99 Å². The lowest BCUT2D eigenvalue weighted by molar-refractivity contribution is -0.139. The molecule has 3 amide bonds. The Morgan fingerprint density at radius 3 is 2.52 bits per heavy atom. The van der Waals surface area contributed by atoms with Gasteiger partial charge < -0.3 is 4.90 Å². The zero-order valence-electron chi connectivity index (χ0n) is 16.9. The minimum atomic E-state index is -0.702. The lowest BCUT2D eigenvalue weighted by Gasteiger charge is -2.40. The molecule has 3 aliphatic rings. The number of hydrogen-bond acceptors (Lipinski definition) is 6. The number of nitrogens with zero attached hydrogens (tertiary/aromatic N) is 5. The first kappa shape index (κ1) is 19.4. The Hall–Kier alpha value is -2.87. The van der Waals surface area contributed by atoms with Crippen molar-refractivity contribution in [3.63, 3.8) is 0 Å². The normalized spacial score (nSPS) is 23.7. The first-order chi connectivity index (χ1) is 13.6. The van der Waals surface area contributed by atoms with E-state index < -0.39 is 24.1 Å². The van der Waals surface area contributed by atoms with Crippen molar-refractivity contribution in [1.29, 1.82) is 0 Å². The van der Waals surface area contributed by atoms with E-state index >= 15 is 0 Å². The van der Waals surface area contributed by atoms with Crippen LogP contribution in [-0.4, -0.2) is 64.2 Å². The van der Waals surface area contributed by atoms with Crippen LogP contribution in [0, 0.1) is 6.92 Å². The molecule has 2 atom stereocenters. The molecule has 152 valence electrons. The minimum Gasteiger partial charge on any atom is -0.302 e. The van der Waals surface area contributed by atoms with E-state index in [1.54, 1.807) is 7.05 Å². The third-order valence-corrected chi connectivity index (χ3v) is 5.92. The summed E-state index contributed by atoms with van der Waals surface area (Å²) in [5.74, 6) is -0.0827. The fourth-order valence-corrected chi connectivity index (χ4v) is 4.26. The number of aryl methyl sites for hydroxylation is 1. The van der Waals surface area contributed by atoms with E-state index in [-0.39, 0.29) is 12.3 Å². The largest absolute Gasteiger partial charge is 0.328 e. The second kappa shape index (κ2) is 6.59. The Morgan fingerprint density at radius 2 is 1.86 bits per heavy atom. The molecule has 1 aromatic rings. The molecule has 0 radical (unpaired) electrons. The summed E-state index contributed by atoms with van der Waals surface area (Å²) in [5.41, 5.74) is 3.68. The molecule has 1 saturated heterocycles. The van der Waals surface area contributed by atoms with E-state index in [9.17, 15) is 14.4 Å². The van der Waals surface area contributed by atoms with Crippen LogP contribution >= 0.6 is 11.6 Å². The molecule has 0 N–H and O–H groups in total. The number of ketones is 1. The van der Waals surface area contributed by atoms with Gasteiger partial charge in [-0.1, -0.05) is 17.7 Å². The number of halogens is 1. The number of rotatable bonds is 3. The molecule has 1 fully saturated rings. The molecule has 29 heavy (non-hydrogen) atoms. The molecule has 9 heteroatoms. The van der Waals surface area contributed by atoms with Crippen molar-refractivity contribution in [2.75, 3.05) is 18.5 Å². The number of carbonyl (C=O) groups excluding carboxylic acids is 3. The highest BCUT2D eigenvalue weighted by Crippen LogP contribution is 2.41. The summed E-state index contributed by atoms with van der Waals surface area (Å²) in [6, 6.07) is 4.40. The van der Waals surface area contributed by atoms with E-state index in [0.29, 0.717) is 11.0 Å². The van der Waals surface area contributed by atoms with Gasteiger partial charge in [-0.15, -0.1) is 0 Å². The highest BCUT2D eigenvalue weighted by molar-refractivity contribution is 6.31. The number of fused-ring (bicyclic) bond motifs is 3. The average Bonchev–Trinajstić information content (AvgIpc) is 3.15. The van der Waals surface area contributed by atoms with Crippen molar-refractivity contribution in [1.82, 2.24) is 14.7 Å². The third kappa shape index (κ3) is 2.73. The van der Waals surface area contributed by atoms with Gasteiger partial charge >= 0.3 is 6.03 Å². The van der Waals surface area contributed by atoms with Gasteiger partial charge in [0.15, 0.2) is 12.2 Å². The fraction of sp³-hybridized carbons (Fsp3) is 0.400. The molecule has 3 heterocycles. The molecule has 4 rings (SSSR count). The van der Waals surface area contributed by atoms with Crippen molar-refractivity contribution in [2.45, 2.75) is 39.9 Å². The number of hydrogen-bond donors (Lipinski definition) is 0. The summed E-state index contributed by atoms with van der Waals surface area (Å²) in [5, 5.41) is 0.599. The van der Waals surface area contributed by atoms with Crippen molar-refractivity contribution in [3.8, 4) is 0 Å². The molecule has 2 unspecified atom stereocenters. The predicted octanol–water partition coefficient (Wildman–Crippen LogP) is 2.57. The molecule has 0 aromatic heterocycles. The Labute approximate surface area is 174 Å². The van der Waals surface area contributed by atoms with Crippen LogP contribution in [0.4, 0.5) is 10.5 Å². The summed E-state index contributed by atoms with van der Waals surface area (Å²) in [6.07, 6.45) is -0.654. The van der Waals surface area contributed by atoms with E-state index in [1.807, 2.05) is 48.8 Å². The maximum Gasteiger partial charge on any atom is 0.328 e. The molecular weight excluding hydrogens is 394 g/mol. The smallest absolute Gasteiger partial charge is 0.302 e. The van der Waals surface area contributed by atoms with E-state index in [4.69, 9.17) is 16.6 Å². The summed E-state index contributed by atoms with van der Waals surface area (Å²) in [6.45, 7) is 6.98. The fourth-order valence-electron chi connectivity index (χ4n) is 4.09. The van der Waals surface area contributed by atoms with Crippen LogP contribution in [0.2, 0.25) is 5.02 Å². The standard InChI is InChI=1S/C20H22ClN5O3/c1-10-6-7-14(21)8-15(10)25-12(3)13(4)26-16-17(22-19(25)26)23(5)20(29)24(18(16)28)9-11(2)27/h6-8,16-17H,9H2,1-5H3. The number of urea groups is 1. The van der Waals surface area contributed by atoms with E-state index in [2.05, 4.69) is 0 Å². The molecule has 3 aliphatic heterocycles. The van der Waals surface area contributed by atoms with Crippen LogP contribution in [0.25, 0.3) is 0 Å². The Bertz CT molecular complexity index is 1020. The first-order valence-corrected chi connectivity index (χ1v) is 9.69. The van der Waals surface area contributed by atoms with Gasteiger partial charge in [0.25, 0.3) is 5.91 Å². The molecule has 0 saturated carbocycles. The summed E-state index contributed by atoms with van der Waals surface area (Å²) >= 11 is 6.24. The number of Topliss-reactive ketones (excluding diaryl/α,β-unsaturated/α-hetero) is 1. The summed E-state index contributed by atoms with van der Waals surface area (Å²) < 4.78 is 0. The second-order valence-electron chi connectivity index (χ2n) is 7.61. The third-order valence-electron chi connectivity index (χ3n) is 5.69. The predicted molar refractivity (Wildman–Crippen MR) is 109 cm³/mol. The highest BCUT2D eigenvalue weighted by atomic mass is 35.5. The molecule has 1 aromatic carbocycles. The first-order valence-electron chi connectivity index (χ1n) is 9.32. The van der Waals surface area contributed by atoms with E-state index in [0.717, 1.165) is 27.5 Å². The maximum absolute atomic E-state index is 13.2. The average molecular weight is 416 g/mol. The Morgan fingerprint density at radius 1 is 1.17 bits per heavy atom. The second-order valence-corrected chi connectivity index (χ2v) is 8.05. The van der Waals surface area contributed by atoms with Crippen LogP contribution in [0.3, 0.4) is 0 Å². The van der Waals surface area contributed by atoms with Gasteiger partial charge in [-0.3, -0.25) is 24.3 Å². The number of imide groups is 1. The van der Waals surface area contributed by atoms with Gasteiger partial charge in [-0.25, -0.2) is 9.79 Å².